The number of rotatable bonds is 10. The van der Waals surface area contributed by atoms with E-state index in [9.17, 15) is 0 Å². The Kier molecular flexibility index (Phi) is 11.6. The number of hydrogen-bond acceptors (Lipinski definition) is 6. The van der Waals surface area contributed by atoms with Crippen molar-refractivity contribution in [2.24, 2.45) is 0 Å². The molecule has 6 nitrogen and oxygen atoms in total. The van der Waals surface area contributed by atoms with Crippen molar-refractivity contribution < 1.29 is 27.8 Å². The van der Waals surface area contributed by atoms with Crippen LogP contribution < -0.4 is 4.74 Å². The summed E-state index contributed by atoms with van der Waals surface area (Å²) in [5.41, 5.74) is 4.18. The Labute approximate surface area is 302 Å². The fourth-order valence-corrected chi connectivity index (χ4v) is 8.70. The molecular weight excluding hydrogens is 668 g/mol. The van der Waals surface area contributed by atoms with Crippen molar-refractivity contribution in [2.45, 2.75) is 128 Å². The van der Waals surface area contributed by atoms with E-state index in [1.807, 2.05) is 55.5 Å². The fraction of sp³-hybridized carbons (Fsp3) is 0.550. The van der Waals surface area contributed by atoms with Crippen LogP contribution in [0.1, 0.15) is 83.1 Å². The van der Waals surface area contributed by atoms with E-state index in [-0.39, 0.29) is 28.4 Å². The first-order valence-corrected chi connectivity index (χ1v) is 23.9. The Hall–Kier alpha value is -2.02. The molecule has 9 heteroatoms. The minimum absolute atomic E-state index is 0.0209. The summed E-state index contributed by atoms with van der Waals surface area (Å²) in [6.07, 6.45) is -1.76. The van der Waals surface area contributed by atoms with E-state index in [1.54, 1.807) is 0 Å². The van der Waals surface area contributed by atoms with Crippen molar-refractivity contribution in [3.63, 3.8) is 0 Å². The van der Waals surface area contributed by atoms with Gasteiger partial charge in [-0.05, 0) is 84.5 Å². The minimum atomic E-state index is -2.33. The zero-order valence-corrected chi connectivity index (χ0v) is 34.1. The van der Waals surface area contributed by atoms with Gasteiger partial charge in [0.05, 0.1) is 13.2 Å². The lowest BCUT2D eigenvalue weighted by Crippen LogP contribution is -2.65. The molecule has 3 aromatic rings. The summed E-state index contributed by atoms with van der Waals surface area (Å²) in [5, 5.41) is 0.669. The lowest BCUT2D eigenvalue weighted by molar-refractivity contribution is -0.326. The molecule has 0 spiro atoms. The molecule has 2 aliphatic heterocycles. The maximum Gasteiger partial charge on any atom is 0.192 e. The summed E-state index contributed by atoms with van der Waals surface area (Å²) in [5.74, 6) is 0.862. The van der Waals surface area contributed by atoms with E-state index in [0.717, 1.165) is 33.0 Å². The van der Waals surface area contributed by atoms with Gasteiger partial charge in [-0.1, -0.05) is 108 Å². The molecule has 2 fully saturated rings. The first-order chi connectivity index (χ1) is 22.9. The number of hydrogen-bond donors (Lipinski definition) is 0. The van der Waals surface area contributed by atoms with Gasteiger partial charge in [-0.3, -0.25) is 0 Å². The Morgan fingerprint density at radius 3 is 1.96 bits per heavy atom. The lowest BCUT2D eigenvalue weighted by atomic mass is 9.89. The van der Waals surface area contributed by atoms with Gasteiger partial charge >= 0.3 is 0 Å². The van der Waals surface area contributed by atoms with Gasteiger partial charge in [0.2, 0.25) is 0 Å². The van der Waals surface area contributed by atoms with Gasteiger partial charge < -0.3 is 27.8 Å². The highest BCUT2D eigenvalue weighted by Gasteiger charge is 2.56. The second-order valence-electron chi connectivity index (χ2n) is 16.6. The predicted octanol–water partition coefficient (Wildman–Crippen LogP) is 10.7. The number of halogens is 1. The summed E-state index contributed by atoms with van der Waals surface area (Å²) in [7, 11) is -4.65. The molecule has 5 rings (SSSR count). The van der Waals surface area contributed by atoms with Gasteiger partial charge in [-0.15, -0.1) is 0 Å². The highest BCUT2D eigenvalue weighted by Crippen LogP contribution is 2.48. The molecule has 0 aliphatic carbocycles. The third-order valence-corrected chi connectivity index (χ3v) is 20.2. The summed E-state index contributed by atoms with van der Waals surface area (Å²) < 4.78 is 40.8. The zero-order valence-electron chi connectivity index (χ0n) is 31.3. The molecule has 2 aliphatic rings. The Morgan fingerprint density at radius 2 is 1.37 bits per heavy atom. The van der Waals surface area contributed by atoms with Gasteiger partial charge in [0.15, 0.2) is 22.9 Å². The Balaban J connectivity index is 1.57. The van der Waals surface area contributed by atoms with E-state index in [0.29, 0.717) is 19.6 Å². The van der Waals surface area contributed by atoms with Gasteiger partial charge in [0.1, 0.15) is 36.3 Å². The van der Waals surface area contributed by atoms with Crippen LogP contribution in [-0.2, 0) is 29.5 Å². The molecule has 49 heavy (non-hydrogen) atoms. The second kappa shape index (κ2) is 14.9. The summed E-state index contributed by atoms with van der Waals surface area (Å²) in [6, 6.07) is 24.6. The molecular formula is C40H57ClO6Si2. The standard InChI is InChI=1S/C40H57ClO6Si2/c1-12-42-31-21-18-27(19-22-31)24-30-25-29(20-23-32(30)41)34-36(46-48(8,9)39(2,3)4)37(47-49(10,11)40(5,6)7)35-33(44-34)26-43-38(45-35)28-16-14-13-15-17-28/h13-23,25,33-38H,12,24,26H2,1-11H3/t33-,34+,35-,36+,37+,38?/m1/s1. The van der Waals surface area contributed by atoms with Crippen LogP contribution in [0.15, 0.2) is 72.8 Å². The van der Waals surface area contributed by atoms with Crippen molar-refractivity contribution in [3.8, 4) is 5.75 Å². The van der Waals surface area contributed by atoms with Crippen LogP contribution in [0.25, 0.3) is 0 Å². The second-order valence-corrected chi connectivity index (χ2v) is 26.5. The third kappa shape index (κ3) is 8.72. The first-order valence-electron chi connectivity index (χ1n) is 17.7. The van der Waals surface area contributed by atoms with E-state index in [1.165, 1.54) is 0 Å². The van der Waals surface area contributed by atoms with E-state index >= 15 is 0 Å². The average Bonchev–Trinajstić information content (AvgIpc) is 3.03. The van der Waals surface area contributed by atoms with Crippen molar-refractivity contribution >= 4 is 28.2 Å². The molecule has 6 atom stereocenters. The van der Waals surface area contributed by atoms with Crippen LogP contribution >= 0.6 is 11.6 Å². The van der Waals surface area contributed by atoms with Crippen molar-refractivity contribution in [3.05, 3.63) is 100 Å². The summed E-state index contributed by atoms with van der Waals surface area (Å²) in [6.45, 7) is 25.9. The van der Waals surface area contributed by atoms with Crippen molar-refractivity contribution in [1.29, 1.82) is 0 Å². The van der Waals surface area contributed by atoms with Gasteiger partial charge in [-0.25, -0.2) is 0 Å². The first kappa shape index (κ1) is 38.2. The van der Waals surface area contributed by atoms with E-state index in [4.69, 9.17) is 39.4 Å². The van der Waals surface area contributed by atoms with Crippen molar-refractivity contribution in [2.75, 3.05) is 13.2 Å². The van der Waals surface area contributed by atoms with Crippen molar-refractivity contribution in [1.82, 2.24) is 0 Å². The number of fused-ring (bicyclic) bond motifs is 1. The summed E-state index contributed by atoms with van der Waals surface area (Å²) >= 11 is 6.87. The molecule has 0 amide bonds. The topological polar surface area (TPSA) is 55.4 Å². The molecule has 0 aromatic heterocycles. The molecule has 268 valence electrons. The minimum Gasteiger partial charge on any atom is -0.494 e. The maximum absolute atomic E-state index is 7.44. The third-order valence-electron chi connectivity index (χ3n) is 10.9. The molecule has 3 aromatic carbocycles. The molecule has 0 saturated carbocycles. The van der Waals surface area contributed by atoms with Crippen LogP contribution in [0, 0.1) is 0 Å². The average molecular weight is 726 g/mol. The normalized spacial score (nSPS) is 25.1. The smallest absolute Gasteiger partial charge is 0.192 e. The fourth-order valence-electron chi connectivity index (χ4n) is 5.92. The van der Waals surface area contributed by atoms with Crippen LogP contribution in [0.2, 0.25) is 41.3 Å². The van der Waals surface area contributed by atoms with Gasteiger partial charge in [0.25, 0.3) is 0 Å². The van der Waals surface area contributed by atoms with Crippen LogP contribution in [0.5, 0.6) is 5.75 Å². The highest BCUT2D eigenvalue weighted by atomic mass is 35.5. The van der Waals surface area contributed by atoms with E-state index in [2.05, 4.69) is 92.0 Å². The number of ether oxygens (including phenoxy) is 4. The summed E-state index contributed by atoms with van der Waals surface area (Å²) in [4.78, 5) is 0. The predicted molar refractivity (Wildman–Crippen MR) is 204 cm³/mol. The lowest BCUT2D eigenvalue weighted by Gasteiger charge is -2.54. The molecule has 1 unspecified atom stereocenters. The molecule has 0 N–H and O–H groups in total. The molecule has 0 radical (unpaired) electrons. The van der Waals surface area contributed by atoms with Crippen LogP contribution in [-0.4, -0.2) is 54.3 Å². The quantitative estimate of drug-likeness (QED) is 0.194. The zero-order chi connectivity index (χ0) is 35.8. The SMILES string of the molecule is CCOc1ccc(Cc2cc([C@@H]3O[C@@H]4COC(c5ccccc5)O[C@H]4[C@H](O[Si](C)(C)C(C)(C)C)[C@H]3O[Si](C)(C)C(C)(C)C)ccc2Cl)cc1. The Bertz CT molecular complexity index is 1530. The van der Waals surface area contributed by atoms with Gasteiger partial charge in [-0.2, -0.15) is 0 Å². The highest BCUT2D eigenvalue weighted by molar-refractivity contribution is 6.74. The van der Waals surface area contributed by atoms with Gasteiger partial charge in [0, 0.05) is 10.6 Å². The maximum atomic E-state index is 7.44. The monoisotopic (exact) mass is 724 g/mol. The number of benzene rings is 3. The Morgan fingerprint density at radius 1 is 0.755 bits per heavy atom. The van der Waals surface area contributed by atoms with Crippen LogP contribution in [0.4, 0.5) is 0 Å². The van der Waals surface area contributed by atoms with E-state index < -0.39 is 35.1 Å². The molecule has 2 heterocycles. The molecule has 0 bridgehead atoms. The molecule has 2 saturated heterocycles. The van der Waals surface area contributed by atoms with Crippen LogP contribution in [0.3, 0.4) is 0 Å². The largest absolute Gasteiger partial charge is 0.494 e.